The Bertz CT molecular complexity index is 382. The predicted octanol–water partition coefficient (Wildman–Crippen LogP) is 3.37. The molecule has 108 valence electrons. The van der Waals surface area contributed by atoms with E-state index < -0.39 is 0 Å². The zero-order valence-corrected chi connectivity index (χ0v) is 13.2. The molecule has 1 aromatic rings. The van der Waals surface area contributed by atoms with E-state index in [1.807, 2.05) is 13.1 Å². The van der Waals surface area contributed by atoms with Crippen LogP contribution >= 0.6 is 11.8 Å². The second-order valence-corrected chi connectivity index (χ2v) is 6.16. The number of nitrogens with one attached hydrogen (secondary N) is 1. The van der Waals surface area contributed by atoms with Gasteiger partial charge in [-0.1, -0.05) is 19.9 Å². The van der Waals surface area contributed by atoms with Gasteiger partial charge in [-0.25, -0.2) is 4.39 Å². The van der Waals surface area contributed by atoms with Crippen molar-refractivity contribution in [1.82, 2.24) is 5.32 Å². The van der Waals surface area contributed by atoms with E-state index in [2.05, 4.69) is 30.3 Å². The molecule has 1 N–H and O–H groups in total. The van der Waals surface area contributed by atoms with Gasteiger partial charge < -0.3 is 10.2 Å². The van der Waals surface area contributed by atoms with Gasteiger partial charge in [0.1, 0.15) is 5.82 Å². The molecule has 19 heavy (non-hydrogen) atoms. The summed E-state index contributed by atoms with van der Waals surface area (Å²) in [6, 6.07) is 5.32. The van der Waals surface area contributed by atoms with Crippen molar-refractivity contribution in [3.05, 3.63) is 29.6 Å². The van der Waals surface area contributed by atoms with Gasteiger partial charge in [0, 0.05) is 37.1 Å². The summed E-state index contributed by atoms with van der Waals surface area (Å²) in [5.41, 5.74) is 1.76. The zero-order chi connectivity index (χ0) is 14.3. The third kappa shape index (κ3) is 5.41. The van der Waals surface area contributed by atoms with E-state index in [1.54, 1.807) is 17.8 Å². The summed E-state index contributed by atoms with van der Waals surface area (Å²) in [4.78, 5) is 2.13. The fourth-order valence-electron chi connectivity index (χ4n) is 1.91. The van der Waals surface area contributed by atoms with Crippen LogP contribution in [-0.4, -0.2) is 32.1 Å². The maximum absolute atomic E-state index is 14.0. The van der Waals surface area contributed by atoms with E-state index in [1.165, 1.54) is 6.07 Å². The van der Waals surface area contributed by atoms with Crippen molar-refractivity contribution in [3.63, 3.8) is 0 Å². The van der Waals surface area contributed by atoms with Crippen molar-refractivity contribution in [1.29, 1.82) is 0 Å². The van der Waals surface area contributed by atoms with E-state index in [0.29, 0.717) is 12.5 Å². The van der Waals surface area contributed by atoms with Crippen LogP contribution in [0.25, 0.3) is 0 Å². The molecular weight excluding hydrogens is 259 g/mol. The first-order chi connectivity index (χ1) is 9.06. The maximum atomic E-state index is 14.0. The number of thioether (sulfide) groups is 1. The van der Waals surface area contributed by atoms with E-state index >= 15 is 0 Å². The molecule has 0 saturated heterocycles. The summed E-state index contributed by atoms with van der Waals surface area (Å²) >= 11 is 1.81. The summed E-state index contributed by atoms with van der Waals surface area (Å²) in [5, 5.41) is 3.32. The summed E-state index contributed by atoms with van der Waals surface area (Å²) < 4.78 is 14.0. The van der Waals surface area contributed by atoms with Crippen LogP contribution in [-0.2, 0) is 6.54 Å². The minimum atomic E-state index is -0.121. The third-order valence-electron chi connectivity index (χ3n) is 2.99. The Hall–Kier alpha value is -0.740. The molecule has 0 unspecified atom stereocenters. The van der Waals surface area contributed by atoms with E-state index in [-0.39, 0.29) is 5.82 Å². The molecule has 0 atom stereocenters. The Labute approximate surface area is 120 Å². The summed E-state index contributed by atoms with van der Waals surface area (Å²) in [5.74, 6) is 1.50. The molecule has 0 fully saturated rings. The van der Waals surface area contributed by atoms with E-state index in [0.717, 1.165) is 30.1 Å². The number of nitrogens with zero attached hydrogens (tertiary/aromatic N) is 1. The second kappa shape index (κ2) is 8.43. The largest absolute Gasteiger partial charge is 0.373 e. The van der Waals surface area contributed by atoms with Crippen molar-refractivity contribution in [3.8, 4) is 0 Å². The van der Waals surface area contributed by atoms with Crippen LogP contribution in [0.4, 0.5) is 10.1 Å². The molecule has 0 aliphatic rings. The van der Waals surface area contributed by atoms with Gasteiger partial charge in [-0.2, -0.15) is 11.8 Å². The first-order valence-corrected chi connectivity index (χ1v) is 8.13. The fourth-order valence-corrected chi connectivity index (χ4v) is 2.37. The molecule has 0 spiro atoms. The average molecular weight is 284 g/mol. The average Bonchev–Trinajstić information content (AvgIpc) is 2.37. The predicted molar refractivity (Wildman–Crippen MR) is 84.6 cm³/mol. The number of benzene rings is 1. The molecule has 0 heterocycles. The van der Waals surface area contributed by atoms with Crippen LogP contribution in [0, 0.1) is 11.7 Å². The monoisotopic (exact) mass is 284 g/mol. The smallest absolute Gasteiger partial charge is 0.129 e. The quantitative estimate of drug-likeness (QED) is 0.788. The molecular formula is C15H25FN2S. The minimum absolute atomic E-state index is 0.121. The van der Waals surface area contributed by atoms with E-state index in [9.17, 15) is 4.39 Å². The molecule has 0 aliphatic heterocycles. The van der Waals surface area contributed by atoms with E-state index in [4.69, 9.17) is 0 Å². The molecule has 0 amide bonds. The van der Waals surface area contributed by atoms with Crippen LogP contribution in [0.5, 0.6) is 0 Å². The van der Waals surface area contributed by atoms with Crippen LogP contribution in [0.3, 0.4) is 0 Å². The van der Waals surface area contributed by atoms with Gasteiger partial charge in [-0.05, 0) is 30.9 Å². The molecule has 0 saturated carbocycles. The standard InChI is InChI=1S/C15H25FN2S/c1-12(2)10-17-11-13-14(16)6-5-7-15(13)18(3)8-9-19-4/h5-7,12,17H,8-11H2,1-4H3. The summed E-state index contributed by atoms with van der Waals surface area (Å²) in [6.07, 6.45) is 2.09. The van der Waals surface area contributed by atoms with Crippen molar-refractivity contribution < 1.29 is 4.39 Å². The van der Waals surface area contributed by atoms with Crippen molar-refractivity contribution >= 4 is 17.4 Å². The minimum Gasteiger partial charge on any atom is -0.373 e. The molecule has 1 aromatic carbocycles. The van der Waals surface area contributed by atoms with Crippen LogP contribution < -0.4 is 10.2 Å². The molecule has 0 radical (unpaired) electrons. The van der Waals surface area contributed by atoms with Gasteiger partial charge in [-0.15, -0.1) is 0 Å². The third-order valence-corrected chi connectivity index (χ3v) is 3.58. The highest BCUT2D eigenvalue weighted by Crippen LogP contribution is 2.22. The van der Waals surface area contributed by atoms with Gasteiger partial charge in [0.25, 0.3) is 0 Å². The normalized spacial score (nSPS) is 11.1. The van der Waals surface area contributed by atoms with Gasteiger partial charge in [0.05, 0.1) is 0 Å². The van der Waals surface area contributed by atoms with Crippen molar-refractivity contribution in [2.45, 2.75) is 20.4 Å². The number of halogens is 1. The topological polar surface area (TPSA) is 15.3 Å². The Morgan fingerprint density at radius 2 is 2.11 bits per heavy atom. The van der Waals surface area contributed by atoms with Crippen LogP contribution in [0.2, 0.25) is 0 Å². The highest BCUT2D eigenvalue weighted by Gasteiger charge is 2.11. The van der Waals surface area contributed by atoms with Crippen LogP contribution in [0.15, 0.2) is 18.2 Å². The van der Waals surface area contributed by atoms with Gasteiger partial charge >= 0.3 is 0 Å². The number of anilines is 1. The van der Waals surface area contributed by atoms with Gasteiger partial charge in [-0.3, -0.25) is 0 Å². The molecule has 0 aromatic heterocycles. The maximum Gasteiger partial charge on any atom is 0.129 e. The molecule has 2 nitrogen and oxygen atoms in total. The molecule has 0 aliphatic carbocycles. The number of hydrogen-bond acceptors (Lipinski definition) is 3. The lowest BCUT2D eigenvalue weighted by atomic mass is 10.1. The first-order valence-electron chi connectivity index (χ1n) is 6.74. The highest BCUT2D eigenvalue weighted by molar-refractivity contribution is 7.98. The summed E-state index contributed by atoms with van der Waals surface area (Å²) in [7, 11) is 2.02. The number of hydrogen-bond donors (Lipinski definition) is 1. The second-order valence-electron chi connectivity index (χ2n) is 5.18. The SMILES string of the molecule is CSCCN(C)c1cccc(F)c1CNCC(C)C. The zero-order valence-electron chi connectivity index (χ0n) is 12.4. The lowest BCUT2D eigenvalue weighted by Crippen LogP contribution is -2.25. The van der Waals surface area contributed by atoms with Crippen molar-refractivity contribution in [2.24, 2.45) is 5.92 Å². The lowest BCUT2D eigenvalue weighted by Gasteiger charge is -2.23. The van der Waals surface area contributed by atoms with Gasteiger partial charge in [0.2, 0.25) is 0 Å². The lowest BCUT2D eigenvalue weighted by molar-refractivity contribution is 0.534. The Morgan fingerprint density at radius 3 is 2.74 bits per heavy atom. The van der Waals surface area contributed by atoms with Crippen LogP contribution in [0.1, 0.15) is 19.4 Å². The van der Waals surface area contributed by atoms with Gasteiger partial charge in [0.15, 0.2) is 0 Å². The number of rotatable bonds is 8. The fraction of sp³-hybridized carbons (Fsp3) is 0.600. The summed E-state index contributed by atoms with van der Waals surface area (Å²) in [6.45, 7) is 6.73. The molecule has 4 heteroatoms. The molecule has 0 bridgehead atoms. The highest BCUT2D eigenvalue weighted by atomic mass is 32.2. The Morgan fingerprint density at radius 1 is 1.37 bits per heavy atom. The molecule has 1 rings (SSSR count). The first kappa shape index (κ1) is 16.3. The van der Waals surface area contributed by atoms with Crippen molar-refractivity contribution in [2.75, 3.05) is 37.0 Å². The Kier molecular flexibility index (Phi) is 7.24. The Balaban J connectivity index is 2.76.